The Balaban J connectivity index is 1.39. The highest BCUT2D eigenvalue weighted by atomic mass is 16.9. The largest absolute Gasteiger partial charge is 0.456 e. The number of ketones is 2. The van der Waals surface area contributed by atoms with Crippen LogP contribution < -0.4 is 5.32 Å². The van der Waals surface area contributed by atoms with Gasteiger partial charge in [0, 0.05) is 23.2 Å². The van der Waals surface area contributed by atoms with Gasteiger partial charge in [-0.2, -0.15) is 0 Å². The molecule has 0 bridgehead atoms. The summed E-state index contributed by atoms with van der Waals surface area (Å²) >= 11 is 0. The number of aliphatic hydroxyl groups excluding tert-OH is 1. The third kappa shape index (κ3) is 5.07. The van der Waals surface area contributed by atoms with Crippen LogP contribution in [-0.2, 0) is 28.8 Å². The van der Waals surface area contributed by atoms with Gasteiger partial charge in [0.1, 0.15) is 12.1 Å². The van der Waals surface area contributed by atoms with Gasteiger partial charge >= 0.3 is 5.97 Å². The Morgan fingerprint density at radius 3 is 2.70 bits per heavy atom. The molecule has 4 aliphatic carbocycles. The molecule has 1 amide bonds. The molecule has 40 heavy (non-hydrogen) atoms. The molecule has 4 rings (SSSR count). The van der Waals surface area contributed by atoms with Crippen LogP contribution in [-0.4, -0.2) is 70.2 Å². The van der Waals surface area contributed by atoms with E-state index in [-0.39, 0.29) is 49.4 Å². The first-order valence-corrected chi connectivity index (χ1v) is 13.8. The van der Waals surface area contributed by atoms with E-state index in [9.17, 15) is 39.5 Å². The van der Waals surface area contributed by atoms with Gasteiger partial charge in [0.2, 0.25) is 11.7 Å². The fraction of sp³-hybridized carbons (Fsp3) is 0.714. The van der Waals surface area contributed by atoms with E-state index in [0.29, 0.717) is 12.8 Å². The number of Topliss-reactive ketones (excluding diaryl/α,β-unsaturated/α-hetero) is 1. The summed E-state index contributed by atoms with van der Waals surface area (Å²) in [5.74, 6) is -2.68. The summed E-state index contributed by atoms with van der Waals surface area (Å²) in [6.07, 6.45) is 6.55. The molecule has 220 valence electrons. The molecule has 3 fully saturated rings. The molecule has 0 radical (unpaired) electrons. The topological polar surface area (TPSA) is 182 Å². The molecule has 12 nitrogen and oxygen atoms in total. The lowest BCUT2D eigenvalue weighted by molar-refractivity contribution is -0.757. The Kier molecular flexibility index (Phi) is 8.24. The maximum atomic E-state index is 13.5. The van der Waals surface area contributed by atoms with E-state index in [1.54, 1.807) is 12.2 Å². The third-order valence-electron chi connectivity index (χ3n) is 10.0. The summed E-state index contributed by atoms with van der Waals surface area (Å²) in [5.41, 5.74) is -2.21. The normalized spacial score (nSPS) is 37.9. The number of carbonyl (C=O) groups excluding carboxylic acids is 4. The maximum Gasteiger partial charge on any atom is 0.325 e. The molecule has 3 saturated carbocycles. The van der Waals surface area contributed by atoms with Crippen LogP contribution in [0.4, 0.5) is 0 Å². The van der Waals surface area contributed by atoms with E-state index in [2.05, 4.69) is 17.1 Å². The van der Waals surface area contributed by atoms with Crippen molar-refractivity contribution in [1.29, 1.82) is 0 Å². The zero-order valence-corrected chi connectivity index (χ0v) is 23.1. The van der Waals surface area contributed by atoms with Crippen molar-refractivity contribution in [3.05, 3.63) is 33.9 Å². The highest BCUT2D eigenvalue weighted by Crippen LogP contribution is 2.68. The first kappa shape index (κ1) is 29.9. The minimum atomic E-state index is -1.82. The number of rotatable bonds is 10. The molecule has 8 atom stereocenters. The van der Waals surface area contributed by atoms with Crippen molar-refractivity contribution in [2.75, 3.05) is 19.8 Å². The lowest BCUT2D eigenvalue weighted by atomic mass is 9.46. The Morgan fingerprint density at radius 1 is 1.27 bits per heavy atom. The van der Waals surface area contributed by atoms with Gasteiger partial charge in [0.15, 0.2) is 12.4 Å². The Hall–Kier alpha value is -3.12. The number of nitrogens with zero attached hydrogens (tertiary/aromatic N) is 1. The summed E-state index contributed by atoms with van der Waals surface area (Å²) in [7, 11) is 0. The molecule has 0 saturated heterocycles. The zero-order valence-electron chi connectivity index (χ0n) is 23.1. The number of allylic oxidation sites excluding steroid dienone is 4. The second kappa shape index (κ2) is 11.0. The fourth-order valence-electron chi connectivity index (χ4n) is 8.19. The van der Waals surface area contributed by atoms with Crippen LogP contribution in [0.1, 0.15) is 59.3 Å². The van der Waals surface area contributed by atoms with Gasteiger partial charge in [-0.05, 0) is 62.0 Å². The number of carbonyl (C=O) groups is 4. The number of esters is 1. The van der Waals surface area contributed by atoms with Crippen LogP contribution in [0, 0.1) is 44.6 Å². The van der Waals surface area contributed by atoms with Crippen LogP contribution in [0.15, 0.2) is 23.8 Å². The van der Waals surface area contributed by atoms with Gasteiger partial charge in [-0.25, -0.2) is 0 Å². The second-order valence-electron chi connectivity index (χ2n) is 12.1. The molecule has 2 unspecified atom stereocenters. The highest BCUT2D eigenvalue weighted by Gasteiger charge is 2.70. The van der Waals surface area contributed by atoms with Crippen molar-refractivity contribution in [3.63, 3.8) is 0 Å². The molecule has 12 heteroatoms. The summed E-state index contributed by atoms with van der Waals surface area (Å²) in [6.45, 7) is 4.29. The van der Waals surface area contributed by atoms with Crippen LogP contribution >= 0.6 is 0 Å². The molecular formula is C28H38N2O10. The molecule has 4 aliphatic rings. The number of hydrogen-bond donors (Lipinski definition) is 3. The zero-order chi connectivity index (χ0) is 29.5. The number of fused-ring (bicyclic) bond motifs is 5. The van der Waals surface area contributed by atoms with E-state index in [1.807, 2.05) is 19.9 Å². The summed E-state index contributed by atoms with van der Waals surface area (Å²) in [4.78, 5) is 63.8. The predicted octanol–water partition coefficient (Wildman–Crippen LogP) is 1.46. The van der Waals surface area contributed by atoms with Crippen molar-refractivity contribution in [1.82, 2.24) is 5.32 Å². The standard InChI is InChI=1S/C28H38N2O10/c1-16-11-20-19-7-6-17-12-18(31)8-9-26(17,2)25(19)21(32)13-27(20,3)28(16,36)22(33)15-39-24(35)14-29-23(34)5-4-10-40-30(37)38/h8-9,12,16,19-21,25,32,36H,4-7,10-11,13-15H2,1-3H3,(H,29,34)/t16-,19-,20?,21-,25?,26-,27-,28-/m0/s1. The van der Waals surface area contributed by atoms with Gasteiger partial charge in [0.25, 0.3) is 5.09 Å². The number of nitrogens with one attached hydrogen (secondary N) is 1. The van der Waals surface area contributed by atoms with Crippen LogP contribution in [0.25, 0.3) is 0 Å². The average Bonchev–Trinajstić information content (AvgIpc) is 3.09. The highest BCUT2D eigenvalue weighted by molar-refractivity contribution is 6.01. The van der Waals surface area contributed by atoms with Gasteiger partial charge in [-0.3, -0.25) is 19.2 Å². The monoisotopic (exact) mass is 562 g/mol. The minimum absolute atomic E-state index is 0.0338. The fourth-order valence-corrected chi connectivity index (χ4v) is 8.19. The van der Waals surface area contributed by atoms with Gasteiger partial charge in [0.05, 0.1) is 12.7 Å². The van der Waals surface area contributed by atoms with E-state index in [0.717, 1.165) is 12.0 Å². The number of amides is 1. The first-order valence-electron chi connectivity index (χ1n) is 13.8. The number of aliphatic hydroxyl groups is 2. The second-order valence-corrected chi connectivity index (χ2v) is 12.1. The van der Waals surface area contributed by atoms with Gasteiger partial charge in [-0.15, -0.1) is 10.1 Å². The molecule has 0 aromatic carbocycles. The smallest absolute Gasteiger partial charge is 0.325 e. The predicted molar refractivity (Wildman–Crippen MR) is 139 cm³/mol. The molecule has 0 spiro atoms. The van der Waals surface area contributed by atoms with E-state index < -0.39 is 64.4 Å². The quantitative estimate of drug-likeness (QED) is 0.152. The summed E-state index contributed by atoms with van der Waals surface area (Å²) in [5, 5.41) is 34.9. The lowest BCUT2D eigenvalue weighted by Crippen LogP contribution is -2.62. The van der Waals surface area contributed by atoms with Crippen LogP contribution in [0.2, 0.25) is 0 Å². The maximum absolute atomic E-state index is 13.5. The third-order valence-corrected chi connectivity index (χ3v) is 10.0. The number of ether oxygens (including phenoxy) is 1. The Morgan fingerprint density at radius 2 is 2.00 bits per heavy atom. The van der Waals surface area contributed by atoms with Crippen molar-refractivity contribution in [3.8, 4) is 0 Å². The van der Waals surface area contributed by atoms with E-state index in [4.69, 9.17) is 4.74 Å². The van der Waals surface area contributed by atoms with E-state index >= 15 is 0 Å². The van der Waals surface area contributed by atoms with Crippen molar-refractivity contribution >= 4 is 23.4 Å². The van der Waals surface area contributed by atoms with Gasteiger partial charge < -0.3 is 25.1 Å². The number of hydrogen-bond acceptors (Lipinski definition) is 10. The summed E-state index contributed by atoms with van der Waals surface area (Å²) < 4.78 is 5.10. The van der Waals surface area contributed by atoms with Crippen molar-refractivity contribution < 1.29 is 44.1 Å². The average molecular weight is 563 g/mol. The Labute approximate surface area is 232 Å². The Bertz CT molecular complexity index is 1150. The molecular weight excluding hydrogens is 524 g/mol. The SMILES string of the molecule is C[C@H]1CC2[C@@H]3CCC4=CC(=O)C=C[C@]4(C)C3[C@@H](O)C[C@]2(C)[C@@]1(O)C(=O)COC(=O)CNC(=O)CCCO[N+](=O)[O-]. The van der Waals surface area contributed by atoms with Crippen LogP contribution in [0.5, 0.6) is 0 Å². The van der Waals surface area contributed by atoms with Crippen molar-refractivity contribution in [2.45, 2.75) is 71.0 Å². The molecule has 0 aliphatic heterocycles. The minimum Gasteiger partial charge on any atom is -0.456 e. The summed E-state index contributed by atoms with van der Waals surface area (Å²) in [6, 6.07) is 0. The van der Waals surface area contributed by atoms with Gasteiger partial charge in [-0.1, -0.05) is 32.4 Å². The molecule has 3 N–H and O–H groups in total. The van der Waals surface area contributed by atoms with E-state index in [1.165, 1.54) is 0 Å². The molecule has 0 aromatic heterocycles. The molecule has 0 heterocycles. The molecule has 0 aromatic rings. The van der Waals surface area contributed by atoms with Crippen molar-refractivity contribution in [2.24, 2.45) is 34.5 Å². The van der Waals surface area contributed by atoms with Crippen LogP contribution in [0.3, 0.4) is 0 Å². The lowest BCUT2D eigenvalue weighted by Gasteiger charge is -2.59. The first-order chi connectivity index (χ1) is 18.7.